The van der Waals surface area contributed by atoms with Gasteiger partial charge in [-0.25, -0.2) is 4.39 Å². The Bertz CT molecular complexity index is 480. The lowest BCUT2D eigenvalue weighted by Gasteiger charge is -2.38. The highest BCUT2D eigenvalue weighted by Gasteiger charge is 2.31. The lowest BCUT2D eigenvalue weighted by molar-refractivity contribution is -0.147. The fourth-order valence-electron chi connectivity index (χ4n) is 2.48. The lowest BCUT2D eigenvalue weighted by Crippen LogP contribution is -2.52. The van der Waals surface area contributed by atoms with Crippen LogP contribution in [0.15, 0.2) is 24.3 Å². The normalized spacial score (nSPS) is 23.9. The number of methoxy groups -OCH3 is 1. The zero-order valence-electron chi connectivity index (χ0n) is 12.3. The molecular weight excluding hydrogens is 275 g/mol. The van der Waals surface area contributed by atoms with Crippen LogP contribution in [0.25, 0.3) is 0 Å². The summed E-state index contributed by atoms with van der Waals surface area (Å²) in [6, 6.07) is 5.46. The van der Waals surface area contributed by atoms with Crippen LogP contribution in [0.5, 0.6) is 0 Å². The van der Waals surface area contributed by atoms with Crippen molar-refractivity contribution in [2.45, 2.75) is 25.2 Å². The third-order valence-corrected chi connectivity index (χ3v) is 3.48. The molecule has 21 heavy (non-hydrogen) atoms. The molecule has 0 spiro atoms. The number of hydrogen-bond donors (Lipinski definition) is 1. The maximum absolute atomic E-state index is 13.0. The van der Waals surface area contributed by atoms with Crippen LogP contribution < -0.4 is 5.73 Å². The summed E-state index contributed by atoms with van der Waals surface area (Å²) in [5, 5.41) is 0. The smallest absolute Gasteiger partial charge is 0.242 e. The van der Waals surface area contributed by atoms with Crippen LogP contribution in [-0.4, -0.2) is 49.8 Å². The minimum absolute atomic E-state index is 0.104. The molecule has 0 saturated carbocycles. The van der Waals surface area contributed by atoms with Crippen molar-refractivity contribution in [1.82, 2.24) is 4.90 Å². The number of rotatable bonds is 4. The molecule has 1 heterocycles. The molecule has 0 radical (unpaired) electrons. The highest BCUT2D eigenvalue weighted by atomic mass is 19.1. The number of benzene rings is 1. The minimum atomic E-state index is -0.672. The monoisotopic (exact) mass is 296 g/mol. The van der Waals surface area contributed by atoms with Crippen LogP contribution in [0.2, 0.25) is 0 Å². The van der Waals surface area contributed by atoms with E-state index in [1.807, 2.05) is 6.92 Å². The fraction of sp³-hybridized carbons (Fsp3) is 0.533. The van der Waals surface area contributed by atoms with Crippen molar-refractivity contribution in [3.63, 3.8) is 0 Å². The van der Waals surface area contributed by atoms with Gasteiger partial charge in [0.1, 0.15) is 18.0 Å². The Labute approximate surface area is 123 Å². The van der Waals surface area contributed by atoms with Gasteiger partial charge in [0.25, 0.3) is 0 Å². The van der Waals surface area contributed by atoms with Crippen LogP contribution in [0.3, 0.4) is 0 Å². The SMILES string of the molecule is COCC(N)C(=O)N1CC(C)OC(c2ccc(F)cc2)C1. The van der Waals surface area contributed by atoms with E-state index >= 15 is 0 Å². The molecule has 0 bridgehead atoms. The molecule has 116 valence electrons. The molecule has 1 fully saturated rings. The number of morpholine rings is 1. The van der Waals surface area contributed by atoms with E-state index in [9.17, 15) is 9.18 Å². The van der Waals surface area contributed by atoms with E-state index in [0.717, 1.165) is 5.56 Å². The Morgan fingerprint density at radius 2 is 2.14 bits per heavy atom. The Morgan fingerprint density at radius 1 is 1.48 bits per heavy atom. The van der Waals surface area contributed by atoms with E-state index in [1.54, 1.807) is 17.0 Å². The number of nitrogens with two attached hydrogens (primary N) is 1. The Balaban J connectivity index is 2.08. The lowest BCUT2D eigenvalue weighted by atomic mass is 10.1. The molecule has 2 rings (SSSR count). The molecule has 3 atom stereocenters. The number of halogens is 1. The first kappa shape index (κ1) is 15.9. The van der Waals surface area contributed by atoms with Gasteiger partial charge in [-0.05, 0) is 24.6 Å². The standard InChI is InChI=1S/C15H21FN2O3/c1-10-7-18(15(19)13(17)9-20-2)8-14(21-10)11-3-5-12(16)6-4-11/h3-6,10,13-14H,7-9,17H2,1-2H3. The van der Waals surface area contributed by atoms with Crippen molar-refractivity contribution in [3.8, 4) is 0 Å². The van der Waals surface area contributed by atoms with Gasteiger partial charge in [0.2, 0.25) is 5.91 Å². The number of ether oxygens (including phenoxy) is 2. The molecule has 1 aromatic carbocycles. The first-order valence-electron chi connectivity index (χ1n) is 6.95. The summed E-state index contributed by atoms with van der Waals surface area (Å²) in [5.74, 6) is -0.447. The first-order chi connectivity index (χ1) is 10.0. The molecule has 1 saturated heterocycles. The summed E-state index contributed by atoms with van der Waals surface area (Å²) in [7, 11) is 1.51. The van der Waals surface area contributed by atoms with Gasteiger partial charge < -0.3 is 20.1 Å². The van der Waals surface area contributed by atoms with Gasteiger partial charge in [-0.3, -0.25) is 4.79 Å². The van der Waals surface area contributed by atoms with Crippen molar-refractivity contribution < 1.29 is 18.7 Å². The Hall–Kier alpha value is -1.50. The zero-order valence-corrected chi connectivity index (χ0v) is 12.3. The number of carbonyl (C=O) groups excluding carboxylic acids is 1. The second-order valence-electron chi connectivity index (χ2n) is 5.29. The Kier molecular flexibility index (Phi) is 5.27. The molecule has 1 aromatic rings. The van der Waals surface area contributed by atoms with Gasteiger partial charge in [-0.2, -0.15) is 0 Å². The number of carbonyl (C=O) groups is 1. The topological polar surface area (TPSA) is 64.8 Å². The summed E-state index contributed by atoms with van der Waals surface area (Å²) >= 11 is 0. The largest absolute Gasteiger partial charge is 0.383 e. The van der Waals surface area contributed by atoms with E-state index in [4.69, 9.17) is 15.2 Å². The van der Waals surface area contributed by atoms with E-state index in [2.05, 4.69) is 0 Å². The van der Waals surface area contributed by atoms with Gasteiger partial charge in [-0.15, -0.1) is 0 Å². The van der Waals surface area contributed by atoms with Crippen LogP contribution >= 0.6 is 0 Å². The fourth-order valence-corrected chi connectivity index (χ4v) is 2.48. The molecule has 0 aromatic heterocycles. The van der Waals surface area contributed by atoms with E-state index in [0.29, 0.717) is 13.1 Å². The van der Waals surface area contributed by atoms with Crippen LogP contribution in [0, 0.1) is 5.82 Å². The second kappa shape index (κ2) is 6.98. The quantitative estimate of drug-likeness (QED) is 0.903. The molecule has 6 heteroatoms. The molecule has 1 aliphatic heterocycles. The average Bonchev–Trinajstić information content (AvgIpc) is 2.46. The highest BCUT2D eigenvalue weighted by molar-refractivity contribution is 5.82. The number of hydrogen-bond acceptors (Lipinski definition) is 4. The second-order valence-corrected chi connectivity index (χ2v) is 5.29. The van der Waals surface area contributed by atoms with Crippen molar-refractivity contribution in [2.24, 2.45) is 5.73 Å². The zero-order chi connectivity index (χ0) is 15.4. The van der Waals surface area contributed by atoms with Crippen LogP contribution in [0.1, 0.15) is 18.6 Å². The summed E-state index contributed by atoms with van der Waals surface area (Å²) in [4.78, 5) is 14.0. The Morgan fingerprint density at radius 3 is 2.76 bits per heavy atom. The van der Waals surface area contributed by atoms with Gasteiger partial charge in [-0.1, -0.05) is 12.1 Å². The molecule has 3 unspecified atom stereocenters. The summed E-state index contributed by atoms with van der Waals surface area (Å²) in [5.41, 5.74) is 6.65. The summed E-state index contributed by atoms with van der Waals surface area (Å²) in [6.07, 6.45) is -0.374. The third-order valence-electron chi connectivity index (χ3n) is 3.48. The summed E-state index contributed by atoms with van der Waals surface area (Å²) in [6.45, 7) is 2.99. The van der Waals surface area contributed by atoms with Crippen molar-refractivity contribution in [3.05, 3.63) is 35.6 Å². The van der Waals surface area contributed by atoms with Crippen molar-refractivity contribution >= 4 is 5.91 Å². The van der Waals surface area contributed by atoms with E-state index in [1.165, 1.54) is 19.2 Å². The first-order valence-corrected chi connectivity index (χ1v) is 6.95. The maximum Gasteiger partial charge on any atom is 0.242 e. The van der Waals surface area contributed by atoms with Gasteiger partial charge in [0.05, 0.1) is 19.3 Å². The van der Waals surface area contributed by atoms with Crippen LogP contribution in [-0.2, 0) is 14.3 Å². The molecule has 2 N–H and O–H groups in total. The summed E-state index contributed by atoms with van der Waals surface area (Å²) < 4.78 is 23.8. The van der Waals surface area contributed by atoms with Gasteiger partial charge in [0, 0.05) is 13.7 Å². The predicted octanol–water partition coefficient (Wildman–Crippen LogP) is 1.09. The minimum Gasteiger partial charge on any atom is -0.383 e. The third kappa shape index (κ3) is 4.00. The highest BCUT2D eigenvalue weighted by Crippen LogP contribution is 2.25. The van der Waals surface area contributed by atoms with Gasteiger partial charge in [0.15, 0.2) is 0 Å². The van der Waals surface area contributed by atoms with E-state index < -0.39 is 6.04 Å². The number of amides is 1. The molecule has 0 aliphatic carbocycles. The molecular formula is C15H21FN2O3. The van der Waals surface area contributed by atoms with E-state index in [-0.39, 0.29) is 30.5 Å². The number of nitrogens with zero attached hydrogens (tertiary/aromatic N) is 1. The van der Waals surface area contributed by atoms with Crippen LogP contribution in [0.4, 0.5) is 4.39 Å². The predicted molar refractivity (Wildman–Crippen MR) is 76.1 cm³/mol. The van der Waals surface area contributed by atoms with Crippen molar-refractivity contribution in [1.29, 1.82) is 0 Å². The molecule has 1 amide bonds. The van der Waals surface area contributed by atoms with Crippen molar-refractivity contribution in [2.75, 3.05) is 26.8 Å². The molecule has 5 nitrogen and oxygen atoms in total. The molecule has 1 aliphatic rings. The van der Waals surface area contributed by atoms with Gasteiger partial charge >= 0.3 is 0 Å². The maximum atomic E-state index is 13.0. The average molecular weight is 296 g/mol.